The van der Waals surface area contributed by atoms with E-state index in [0.29, 0.717) is 17.9 Å². The van der Waals surface area contributed by atoms with E-state index in [2.05, 4.69) is 66.8 Å². The average molecular weight is 404 g/mol. The van der Waals surface area contributed by atoms with Crippen LogP contribution in [0, 0.1) is 11.8 Å². The molecule has 5 atom stereocenters. The highest BCUT2D eigenvalue weighted by Gasteiger charge is 2.46. The fourth-order valence-electron chi connectivity index (χ4n) is 6.15. The van der Waals surface area contributed by atoms with E-state index in [9.17, 15) is 4.79 Å². The second-order valence-electron chi connectivity index (χ2n) is 9.54. The summed E-state index contributed by atoms with van der Waals surface area (Å²) in [7, 11) is 0. The first kappa shape index (κ1) is 19.8. The fourth-order valence-corrected chi connectivity index (χ4v) is 6.15. The van der Waals surface area contributed by atoms with E-state index in [1.807, 2.05) is 0 Å². The zero-order valence-corrected chi connectivity index (χ0v) is 17.9. The molecule has 158 valence electrons. The Morgan fingerprint density at radius 3 is 2.27 bits per heavy atom. The van der Waals surface area contributed by atoms with Gasteiger partial charge in [0.25, 0.3) is 0 Å². The molecule has 0 aromatic heterocycles. The van der Waals surface area contributed by atoms with Crippen LogP contribution in [0.5, 0.6) is 0 Å². The molecule has 2 bridgehead atoms. The first-order valence-electron chi connectivity index (χ1n) is 11.8. The van der Waals surface area contributed by atoms with Crippen molar-refractivity contribution in [2.45, 2.75) is 69.4 Å². The van der Waals surface area contributed by atoms with Gasteiger partial charge in [-0.25, -0.2) is 0 Å². The molecule has 3 fully saturated rings. The monoisotopic (exact) mass is 403 g/mol. The van der Waals surface area contributed by atoms with Gasteiger partial charge in [-0.1, -0.05) is 74.4 Å². The quantitative estimate of drug-likeness (QED) is 0.656. The lowest BCUT2D eigenvalue weighted by molar-refractivity contribution is -0.153. The number of carbonyl (C=O) groups excluding carboxylic acids is 1. The molecule has 30 heavy (non-hydrogen) atoms. The molecule has 0 radical (unpaired) electrons. The minimum Gasteiger partial charge on any atom is -0.460 e. The van der Waals surface area contributed by atoms with E-state index in [1.165, 1.54) is 36.0 Å². The highest BCUT2D eigenvalue weighted by molar-refractivity contribution is 5.79. The van der Waals surface area contributed by atoms with Crippen LogP contribution in [0.2, 0.25) is 0 Å². The summed E-state index contributed by atoms with van der Waals surface area (Å²) in [5.74, 6) is 1.02. The van der Waals surface area contributed by atoms with Gasteiger partial charge >= 0.3 is 5.97 Å². The Kier molecular flexibility index (Phi) is 5.64. The predicted octanol–water partition coefficient (Wildman–Crippen LogP) is 5.41. The summed E-state index contributed by atoms with van der Waals surface area (Å²) in [5, 5.41) is 3.53. The van der Waals surface area contributed by atoms with Gasteiger partial charge in [0.1, 0.15) is 6.10 Å². The maximum Gasteiger partial charge on any atom is 0.314 e. The van der Waals surface area contributed by atoms with E-state index in [1.54, 1.807) is 0 Å². The van der Waals surface area contributed by atoms with Crippen LogP contribution in [0.3, 0.4) is 0 Å². The topological polar surface area (TPSA) is 38.3 Å². The molecule has 5 rings (SSSR count). The van der Waals surface area contributed by atoms with Crippen LogP contribution >= 0.6 is 0 Å². The highest BCUT2D eigenvalue weighted by atomic mass is 16.5. The van der Waals surface area contributed by atoms with Crippen molar-refractivity contribution < 1.29 is 9.53 Å². The number of piperidine rings is 1. The van der Waals surface area contributed by atoms with Crippen molar-refractivity contribution in [3.05, 3.63) is 71.3 Å². The van der Waals surface area contributed by atoms with Crippen LogP contribution in [-0.4, -0.2) is 24.7 Å². The number of ether oxygens (including phenoxy) is 1. The molecular formula is C27H33NO2. The maximum atomic E-state index is 13.7. The van der Waals surface area contributed by atoms with E-state index in [4.69, 9.17) is 4.74 Å². The molecule has 2 aromatic rings. The average Bonchev–Trinajstić information content (AvgIpc) is 3.53. The Morgan fingerprint density at radius 2 is 1.63 bits per heavy atom. The van der Waals surface area contributed by atoms with Crippen LogP contribution < -0.4 is 5.32 Å². The van der Waals surface area contributed by atoms with Crippen molar-refractivity contribution >= 4 is 5.97 Å². The smallest absolute Gasteiger partial charge is 0.314 e. The number of hydrogen-bond acceptors (Lipinski definition) is 3. The minimum absolute atomic E-state index is 0.0141. The predicted molar refractivity (Wildman–Crippen MR) is 119 cm³/mol. The summed E-state index contributed by atoms with van der Waals surface area (Å²) in [5.41, 5.74) is 3.75. The summed E-state index contributed by atoms with van der Waals surface area (Å²) >= 11 is 0. The number of carbonyl (C=O) groups is 1. The zero-order valence-electron chi connectivity index (χ0n) is 17.9. The van der Waals surface area contributed by atoms with Gasteiger partial charge in [-0.3, -0.25) is 4.79 Å². The molecule has 3 nitrogen and oxygen atoms in total. The molecule has 2 saturated carbocycles. The number of benzene rings is 2. The van der Waals surface area contributed by atoms with Crippen LogP contribution in [0.4, 0.5) is 0 Å². The summed E-state index contributed by atoms with van der Waals surface area (Å²) in [6, 6.07) is 19.6. The van der Waals surface area contributed by atoms with Crippen LogP contribution in [0.25, 0.3) is 0 Å². The molecule has 2 aromatic carbocycles. The molecule has 3 aliphatic rings. The Morgan fingerprint density at radius 1 is 0.933 bits per heavy atom. The van der Waals surface area contributed by atoms with Crippen molar-refractivity contribution in [3.8, 4) is 0 Å². The largest absolute Gasteiger partial charge is 0.460 e. The van der Waals surface area contributed by atoms with Gasteiger partial charge in [0.2, 0.25) is 0 Å². The Bertz CT molecular complexity index is 853. The third kappa shape index (κ3) is 3.69. The molecule has 2 aliphatic carbocycles. The Balaban J connectivity index is 1.47. The SMILES string of the molecule is C[C@H](c1ccccc1)c1ccccc1C(C(=O)OC1C2CCC1NC2)C1CCCC1. The molecule has 1 N–H and O–H groups in total. The first-order valence-corrected chi connectivity index (χ1v) is 11.8. The summed E-state index contributed by atoms with van der Waals surface area (Å²) in [6.07, 6.45) is 7.10. The van der Waals surface area contributed by atoms with Crippen LogP contribution in [0.1, 0.15) is 74.0 Å². The Hall–Kier alpha value is -2.13. The third-order valence-corrected chi connectivity index (χ3v) is 7.83. The molecule has 0 amide bonds. The molecule has 3 heteroatoms. The molecule has 0 spiro atoms. The fraction of sp³-hybridized carbons (Fsp3) is 0.519. The second kappa shape index (κ2) is 8.55. The lowest BCUT2D eigenvalue weighted by Crippen LogP contribution is -2.34. The lowest BCUT2D eigenvalue weighted by Gasteiger charge is -2.28. The zero-order chi connectivity index (χ0) is 20.5. The van der Waals surface area contributed by atoms with Crippen molar-refractivity contribution in [2.75, 3.05) is 6.54 Å². The van der Waals surface area contributed by atoms with Gasteiger partial charge in [-0.05, 0) is 48.3 Å². The number of rotatable bonds is 6. The van der Waals surface area contributed by atoms with Gasteiger partial charge in [-0.2, -0.15) is 0 Å². The second-order valence-corrected chi connectivity index (χ2v) is 9.54. The summed E-state index contributed by atoms with van der Waals surface area (Å²) < 4.78 is 6.27. The number of esters is 1. The maximum absolute atomic E-state index is 13.7. The van der Waals surface area contributed by atoms with Crippen molar-refractivity contribution in [2.24, 2.45) is 11.8 Å². The van der Waals surface area contributed by atoms with Gasteiger partial charge in [-0.15, -0.1) is 0 Å². The van der Waals surface area contributed by atoms with Crippen LogP contribution in [-0.2, 0) is 9.53 Å². The highest BCUT2D eigenvalue weighted by Crippen LogP contribution is 2.43. The molecule has 1 heterocycles. The summed E-state index contributed by atoms with van der Waals surface area (Å²) in [6.45, 7) is 3.25. The first-order chi connectivity index (χ1) is 14.7. The van der Waals surface area contributed by atoms with Crippen LogP contribution in [0.15, 0.2) is 54.6 Å². The van der Waals surface area contributed by atoms with E-state index in [-0.39, 0.29) is 23.9 Å². The lowest BCUT2D eigenvalue weighted by atomic mass is 9.78. The van der Waals surface area contributed by atoms with E-state index < -0.39 is 0 Å². The number of nitrogens with one attached hydrogen (secondary N) is 1. The Labute approximate surface area is 180 Å². The minimum atomic E-state index is -0.144. The molecule has 4 unspecified atom stereocenters. The number of hydrogen-bond donors (Lipinski definition) is 1. The van der Waals surface area contributed by atoms with Crippen molar-refractivity contribution in [1.29, 1.82) is 0 Å². The van der Waals surface area contributed by atoms with Crippen molar-refractivity contribution in [1.82, 2.24) is 5.32 Å². The van der Waals surface area contributed by atoms with Gasteiger partial charge in [0.05, 0.1) is 5.92 Å². The molecule has 1 aliphatic heterocycles. The molecular weight excluding hydrogens is 370 g/mol. The molecule has 1 saturated heterocycles. The number of fused-ring (bicyclic) bond motifs is 2. The van der Waals surface area contributed by atoms with E-state index in [0.717, 1.165) is 25.8 Å². The summed E-state index contributed by atoms with van der Waals surface area (Å²) in [4.78, 5) is 13.7. The standard InChI is InChI=1S/C27H33NO2/c1-18(19-9-3-2-4-10-19)22-13-7-8-14-23(22)25(20-11-5-6-12-20)27(29)30-26-21-15-16-24(26)28-17-21/h2-4,7-10,13-14,18,20-21,24-26,28H,5-6,11-12,15-17H2,1H3/t18-,21?,24?,25?,26?/m1/s1. The van der Waals surface area contributed by atoms with Gasteiger partial charge in [0.15, 0.2) is 0 Å². The van der Waals surface area contributed by atoms with Crippen molar-refractivity contribution in [3.63, 3.8) is 0 Å². The normalized spacial score (nSPS) is 27.8. The van der Waals surface area contributed by atoms with Gasteiger partial charge < -0.3 is 10.1 Å². The van der Waals surface area contributed by atoms with Gasteiger partial charge in [0, 0.05) is 24.4 Å². The third-order valence-electron chi connectivity index (χ3n) is 7.83. The van der Waals surface area contributed by atoms with E-state index >= 15 is 0 Å².